The summed E-state index contributed by atoms with van der Waals surface area (Å²) in [4.78, 5) is 11.1. The average Bonchev–Trinajstić information content (AvgIpc) is 2.28. The lowest BCUT2D eigenvalue weighted by atomic mass is 9.95. The Labute approximate surface area is 108 Å². The Bertz CT molecular complexity index is 470. The van der Waals surface area contributed by atoms with E-state index in [-0.39, 0.29) is 0 Å². The zero-order valence-electron chi connectivity index (χ0n) is 9.62. The number of halogens is 1. The number of benzene rings is 1. The molecule has 1 aromatic carbocycles. The second-order valence-corrected chi connectivity index (χ2v) is 4.84. The molecule has 0 saturated heterocycles. The summed E-state index contributed by atoms with van der Waals surface area (Å²) in [6.45, 7) is 4.53. The Morgan fingerprint density at radius 1 is 1.47 bits per heavy atom. The van der Waals surface area contributed by atoms with Crippen molar-refractivity contribution in [2.24, 2.45) is 0 Å². The molecule has 4 nitrogen and oxygen atoms in total. The zero-order chi connectivity index (χ0) is 12.6. The predicted octanol–water partition coefficient (Wildman–Crippen LogP) is 2.72. The third-order valence-corrected chi connectivity index (χ3v) is 3.53. The van der Waals surface area contributed by atoms with Gasteiger partial charge >= 0.3 is 5.97 Å². The highest BCUT2D eigenvalue weighted by molar-refractivity contribution is 9.10. The lowest BCUT2D eigenvalue weighted by Crippen LogP contribution is -2.18. The fourth-order valence-electron chi connectivity index (χ4n) is 1.98. The molecule has 0 aliphatic carbocycles. The fraction of sp³-hybridized carbons (Fsp3) is 0.417. The van der Waals surface area contributed by atoms with E-state index in [1.165, 1.54) is 0 Å². The summed E-state index contributed by atoms with van der Waals surface area (Å²) in [7, 11) is 0. The van der Waals surface area contributed by atoms with Crippen LogP contribution >= 0.6 is 15.9 Å². The molecule has 0 fully saturated rings. The monoisotopic (exact) mass is 300 g/mol. The van der Waals surface area contributed by atoms with E-state index in [0.29, 0.717) is 24.7 Å². The van der Waals surface area contributed by atoms with Crippen molar-refractivity contribution in [2.75, 3.05) is 13.2 Å². The van der Waals surface area contributed by atoms with E-state index in [1.807, 2.05) is 6.92 Å². The van der Waals surface area contributed by atoms with Gasteiger partial charge in [0.25, 0.3) is 0 Å². The van der Waals surface area contributed by atoms with Crippen molar-refractivity contribution in [3.05, 3.63) is 21.7 Å². The molecule has 1 aromatic rings. The standard InChI is InChI=1S/C12H13BrO4/c1-6-10(7(2)12(14)15)8(13)5-9-11(6)17-4-3-16-9/h5,7H,3-4H2,1-2H3,(H,14,15). The van der Waals surface area contributed by atoms with Crippen LogP contribution in [0.5, 0.6) is 11.5 Å². The number of carbonyl (C=O) groups is 1. The van der Waals surface area contributed by atoms with Gasteiger partial charge in [0.15, 0.2) is 11.5 Å². The first-order valence-electron chi connectivity index (χ1n) is 5.33. The van der Waals surface area contributed by atoms with E-state index in [1.54, 1.807) is 13.0 Å². The van der Waals surface area contributed by atoms with Gasteiger partial charge in [0.1, 0.15) is 13.2 Å². The highest BCUT2D eigenvalue weighted by Gasteiger charge is 2.25. The number of hydrogen-bond donors (Lipinski definition) is 1. The number of hydrogen-bond acceptors (Lipinski definition) is 3. The molecule has 1 N–H and O–H groups in total. The van der Waals surface area contributed by atoms with Crippen molar-refractivity contribution in [1.29, 1.82) is 0 Å². The Morgan fingerprint density at radius 2 is 2.12 bits per heavy atom. The molecule has 92 valence electrons. The van der Waals surface area contributed by atoms with Crippen LogP contribution in [0.15, 0.2) is 10.5 Å². The van der Waals surface area contributed by atoms with Gasteiger partial charge < -0.3 is 14.6 Å². The number of fused-ring (bicyclic) bond motifs is 1. The molecule has 1 aliphatic heterocycles. The van der Waals surface area contributed by atoms with Crippen LogP contribution in [-0.2, 0) is 4.79 Å². The van der Waals surface area contributed by atoms with Crippen LogP contribution in [0.4, 0.5) is 0 Å². The second-order valence-electron chi connectivity index (χ2n) is 3.98. The van der Waals surface area contributed by atoms with Crippen molar-refractivity contribution in [3.63, 3.8) is 0 Å². The lowest BCUT2D eigenvalue weighted by molar-refractivity contribution is -0.138. The van der Waals surface area contributed by atoms with E-state index in [4.69, 9.17) is 14.6 Å². The highest BCUT2D eigenvalue weighted by atomic mass is 79.9. The van der Waals surface area contributed by atoms with Crippen LogP contribution in [0, 0.1) is 6.92 Å². The predicted molar refractivity (Wildman–Crippen MR) is 65.9 cm³/mol. The van der Waals surface area contributed by atoms with Gasteiger partial charge in [-0.2, -0.15) is 0 Å². The van der Waals surface area contributed by atoms with E-state index in [9.17, 15) is 4.79 Å². The molecule has 0 radical (unpaired) electrons. The molecule has 17 heavy (non-hydrogen) atoms. The van der Waals surface area contributed by atoms with E-state index < -0.39 is 11.9 Å². The van der Waals surface area contributed by atoms with Gasteiger partial charge in [-0.25, -0.2) is 0 Å². The summed E-state index contributed by atoms with van der Waals surface area (Å²) < 4.78 is 11.8. The Balaban J connectivity index is 2.57. The van der Waals surface area contributed by atoms with Crippen molar-refractivity contribution in [1.82, 2.24) is 0 Å². The molecule has 0 aromatic heterocycles. The lowest BCUT2D eigenvalue weighted by Gasteiger charge is -2.24. The Morgan fingerprint density at radius 3 is 2.76 bits per heavy atom. The number of aliphatic carboxylic acids is 1. The molecule has 1 atom stereocenters. The van der Waals surface area contributed by atoms with E-state index in [0.717, 1.165) is 15.6 Å². The first-order chi connectivity index (χ1) is 8.02. The number of ether oxygens (including phenoxy) is 2. The number of carboxylic acid groups (broad SMARTS) is 1. The maximum absolute atomic E-state index is 11.1. The fourth-order valence-corrected chi connectivity index (χ4v) is 2.83. The molecule has 0 bridgehead atoms. The quantitative estimate of drug-likeness (QED) is 0.912. The van der Waals surface area contributed by atoms with Crippen LogP contribution in [0.3, 0.4) is 0 Å². The summed E-state index contributed by atoms with van der Waals surface area (Å²) in [6, 6.07) is 1.77. The Hall–Kier alpha value is -1.23. The number of carboxylic acids is 1. The molecule has 1 heterocycles. The number of rotatable bonds is 2. The molecule has 2 rings (SSSR count). The summed E-state index contributed by atoms with van der Waals surface area (Å²) >= 11 is 3.40. The maximum atomic E-state index is 11.1. The maximum Gasteiger partial charge on any atom is 0.310 e. The first kappa shape index (κ1) is 12.2. The normalized spacial score (nSPS) is 15.5. The topological polar surface area (TPSA) is 55.8 Å². The Kier molecular flexibility index (Phi) is 3.28. The summed E-state index contributed by atoms with van der Waals surface area (Å²) in [6.07, 6.45) is 0. The summed E-state index contributed by atoms with van der Waals surface area (Å²) in [5.74, 6) is -0.116. The van der Waals surface area contributed by atoms with Crippen LogP contribution in [0.2, 0.25) is 0 Å². The highest BCUT2D eigenvalue weighted by Crippen LogP contribution is 2.42. The van der Waals surface area contributed by atoms with Crippen molar-refractivity contribution < 1.29 is 19.4 Å². The van der Waals surface area contributed by atoms with Crippen molar-refractivity contribution >= 4 is 21.9 Å². The molecule has 0 saturated carbocycles. The van der Waals surface area contributed by atoms with Crippen LogP contribution < -0.4 is 9.47 Å². The van der Waals surface area contributed by atoms with Gasteiger partial charge in [-0.1, -0.05) is 15.9 Å². The smallest absolute Gasteiger partial charge is 0.310 e. The van der Waals surface area contributed by atoms with Gasteiger partial charge in [-0.15, -0.1) is 0 Å². The average molecular weight is 301 g/mol. The summed E-state index contributed by atoms with van der Waals surface area (Å²) in [5, 5.41) is 9.10. The minimum atomic E-state index is -0.856. The van der Waals surface area contributed by atoms with Crippen LogP contribution in [0.1, 0.15) is 24.0 Å². The molecular weight excluding hydrogens is 288 g/mol. The molecule has 0 amide bonds. The van der Waals surface area contributed by atoms with Gasteiger partial charge in [-0.3, -0.25) is 4.79 Å². The van der Waals surface area contributed by atoms with Gasteiger partial charge in [0.2, 0.25) is 0 Å². The third kappa shape index (κ3) is 2.11. The van der Waals surface area contributed by atoms with Gasteiger partial charge in [0.05, 0.1) is 5.92 Å². The summed E-state index contributed by atoms with van der Waals surface area (Å²) in [5.41, 5.74) is 1.56. The molecule has 1 unspecified atom stereocenters. The van der Waals surface area contributed by atoms with Crippen LogP contribution in [0.25, 0.3) is 0 Å². The minimum absolute atomic E-state index is 0.496. The first-order valence-corrected chi connectivity index (χ1v) is 6.13. The third-order valence-electron chi connectivity index (χ3n) is 2.87. The zero-order valence-corrected chi connectivity index (χ0v) is 11.2. The van der Waals surface area contributed by atoms with E-state index in [2.05, 4.69) is 15.9 Å². The second kappa shape index (κ2) is 4.56. The largest absolute Gasteiger partial charge is 0.486 e. The SMILES string of the molecule is Cc1c2c(cc(Br)c1C(C)C(=O)O)OCCO2. The van der Waals surface area contributed by atoms with Crippen LogP contribution in [-0.4, -0.2) is 24.3 Å². The molecular formula is C12H13BrO4. The molecule has 1 aliphatic rings. The molecule has 0 spiro atoms. The molecule has 5 heteroatoms. The van der Waals surface area contributed by atoms with Gasteiger partial charge in [-0.05, 0) is 25.5 Å². The van der Waals surface area contributed by atoms with Gasteiger partial charge in [0, 0.05) is 10.0 Å². The minimum Gasteiger partial charge on any atom is -0.486 e. The van der Waals surface area contributed by atoms with E-state index >= 15 is 0 Å². The van der Waals surface area contributed by atoms with Crippen molar-refractivity contribution in [3.8, 4) is 11.5 Å². The van der Waals surface area contributed by atoms with Crippen molar-refractivity contribution in [2.45, 2.75) is 19.8 Å².